The van der Waals surface area contributed by atoms with Crippen molar-refractivity contribution < 1.29 is 49.8 Å². The second kappa shape index (κ2) is 24.8. The molecule has 0 aliphatic heterocycles. The lowest BCUT2D eigenvalue weighted by Crippen LogP contribution is -2.52. The van der Waals surface area contributed by atoms with E-state index in [0.29, 0.717) is 19.3 Å². The summed E-state index contributed by atoms with van der Waals surface area (Å²) < 4.78 is 15.2. The van der Waals surface area contributed by atoms with Gasteiger partial charge in [-0.2, -0.15) is 0 Å². The zero-order chi connectivity index (χ0) is 36.8. The van der Waals surface area contributed by atoms with E-state index in [1.54, 1.807) is 20.8 Å². The van der Waals surface area contributed by atoms with Gasteiger partial charge in [0.1, 0.15) is 38.0 Å². The Morgan fingerprint density at radius 2 is 1.16 bits per heavy atom. The van der Waals surface area contributed by atoms with Gasteiger partial charge in [0.25, 0.3) is 11.8 Å². The minimum atomic E-state index is -1.52. The highest BCUT2D eigenvalue weighted by atomic mass is 35.5. The van der Waals surface area contributed by atoms with Crippen molar-refractivity contribution in [3.8, 4) is 0 Å². The minimum absolute atomic E-state index is 0. The first-order valence-electron chi connectivity index (χ1n) is 16.2. The van der Waals surface area contributed by atoms with E-state index in [0.717, 1.165) is 17.5 Å². The predicted molar refractivity (Wildman–Crippen MR) is 191 cm³/mol. The third-order valence-corrected chi connectivity index (χ3v) is 6.55. The lowest BCUT2D eigenvalue weighted by atomic mass is 10.1. The van der Waals surface area contributed by atoms with Gasteiger partial charge < -0.3 is 46.1 Å². The second-order valence-electron chi connectivity index (χ2n) is 12.1. The molecule has 4 unspecified atom stereocenters. The Labute approximate surface area is 301 Å². The van der Waals surface area contributed by atoms with E-state index < -0.39 is 59.7 Å². The van der Waals surface area contributed by atoms with Gasteiger partial charge in [-0.3, -0.25) is 19.2 Å². The number of hydrogen-bond donors (Lipinski definition) is 6. The van der Waals surface area contributed by atoms with Crippen LogP contribution in [0.2, 0.25) is 0 Å². The Hall–Kier alpha value is -4.24. The predicted octanol–water partition coefficient (Wildman–Crippen LogP) is 2.90. The Kier molecular flexibility index (Phi) is 22.7. The van der Waals surface area contributed by atoms with Gasteiger partial charge in [-0.1, -0.05) is 87.4 Å². The average Bonchev–Trinajstić information content (AvgIpc) is 3.07. The van der Waals surface area contributed by atoms with Crippen LogP contribution in [0.3, 0.4) is 0 Å². The molecule has 0 aliphatic rings. The van der Waals surface area contributed by atoms with Crippen molar-refractivity contribution in [1.82, 2.24) is 16.0 Å². The second-order valence-corrected chi connectivity index (χ2v) is 12.1. The smallest absolute Gasteiger partial charge is 0.407 e. The molecule has 0 heterocycles. The highest BCUT2D eigenvalue weighted by Crippen LogP contribution is 2.10. The largest absolute Gasteiger partial charge is 0.460 e. The average molecular weight is 728 g/mol. The van der Waals surface area contributed by atoms with Gasteiger partial charge in [0.15, 0.2) is 6.10 Å². The van der Waals surface area contributed by atoms with E-state index in [-0.39, 0.29) is 40.1 Å². The quantitative estimate of drug-likeness (QED) is 0.103. The van der Waals surface area contributed by atoms with Crippen LogP contribution in [0.1, 0.15) is 72.9 Å². The van der Waals surface area contributed by atoms with Crippen LogP contribution < -0.4 is 21.7 Å². The fraction of sp³-hybridized carbons (Fsp3) is 0.514. The summed E-state index contributed by atoms with van der Waals surface area (Å²) in [5, 5.41) is 27.0. The molecule has 0 saturated heterocycles. The molecule has 0 bridgehead atoms. The number of esters is 2. The maximum Gasteiger partial charge on any atom is 0.407 e. The summed E-state index contributed by atoms with van der Waals surface area (Å²) in [4.78, 5) is 58.9. The summed E-state index contributed by atoms with van der Waals surface area (Å²) in [6.45, 7) is 8.48. The van der Waals surface area contributed by atoms with Gasteiger partial charge >= 0.3 is 18.0 Å². The van der Waals surface area contributed by atoms with Crippen molar-refractivity contribution in [2.75, 3.05) is 13.1 Å². The number of rotatable bonds is 17. The molecule has 0 saturated carbocycles. The maximum absolute atomic E-state index is 12.1. The molecule has 0 spiro atoms. The first-order valence-corrected chi connectivity index (χ1v) is 16.2. The number of aliphatic hydroxyl groups is 2. The van der Waals surface area contributed by atoms with Crippen molar-refractivity contribution in [2.45, 2.75) is 103 Å². The third kappa shape index (κ3) is 20.3. The molecule has 2 aromatic rings. The zero-order valence-electron chi connectivity index (χ0n) is 29.4. The normalized spacial score (nSPS) is 13.0. The standard InChI is InChI=1S/C20H30N2O6.C15H22N2O4.ClH.H2/c1-5-9-15(22-19(26)28-20(2,3)4)17(24)18(25)21-12-16(23)27-13-14-10-7-6-8-11-14;1-2-6-12(16)14(19)15(20)17-9-13(18)21-10-11-7-4-3-5-8-11;;/h6-8,10-11,15,17,24H,5,9,12-13H2,1-4H3,(H,21,25)(H,22,26);3-5,7-8,12,14,19H,2,6,9-10,16H2,1H3,(H,17,20);2*1H/i;;;1+1. The van der Waals surface area contributed by atoms with Crippen LogP contribution in [0.25, 0.3) is 0 Å². The van der Waals surface area contributed by atoms with Crippen molar-refractivity contribution in [2.24, 2.45) is 5.73 Å². The van der Waals surface area contributed by atoms with E-state index in [4.69, 9.17) is 19.9 Å². The number of hydrogen-bond acceptors (Lipinski definition) is 11. The minimum Gasteiger partial charge on any atom is -0.460 e. The SMILES string of the molecule is CCCC(N)C(O)C(=O)NCC(=O)OCc1ccccc1.CCCC(NC(=O)OC(C)(C)C)C(O)C(=O)NCC(=O)OCc1ccccc1.Cl.[2HH]. The summed E-state index contributed by atoms with van der Waals surface area (Å²) in [5.41, 5.74) is 6.63. The van der Waals surface area contributed by atoms with Crippen LogP contribution in [0, 0.1) is 0 Å². The Morgan fingerprint density at radius 3 is 1.56 bits per heavy atom. The molecule has 4 atom stereocenters. The van der Waals surface area contributed by atoms with Crippen molar-refractivity contribution in [3.05, 3.63) is 71.8 Å². The van der Waals surface area contributed by atoms with Crippen LogP contribution >= 0.6 is 12.4 Å². The van der Waals surface area contributed by atoms with E-state index >= 15 is 0 Å². The maximum atomic E-state index is 12.1. The fourth-order valence-corrected chi connectivity index (χ4v) is 4.05. The lowest BCUT2D eigenvalue weighted by Gasteiger charge is -2.26. The third-order valence-electron chi connectivity index (χ3n) is 6.55. The molecule has 15 heteroatoms. The van der Waals surface area contributed by atoms with Gasteiger partial charge in [0.05, 0.1) is 6.04 Å². The summed E-state index contributed by atoms with van der Waals surface area (Å²) in [5.74, 6) is -2.63. The van der Waals surface area contributed by atoms with Gasteiger partial charge in [-0.25, -0.2) is 4.79 Å². The van der Waals surface area contributed by atoms with Gasteiger partial charge in [-0.05, 0) is 44.7 Å². The number of nitrogens with one attached hydrogen (secondary N) is 3. The van der Waals surface area contributed by atoms with Crippen LogP contribution in [0.4, 0.5) is 4.79 Å². The summed E-state index contributed by atoms with van der Waals surface area (Å²) in [6, 6.07) is 16.9. The van der Waals surface area contributed by atoms with Crippen molar-refractivity contribution in [1.29, 1.82) is 0 Å². The molecular formula is C35H55ClN4O10. The number of carbonyl (C=O) groups is 5. The molecule has 0 aliphatic carbocycles. The number of ether oxygens (including phenoxy) is 3. The molecule has 0 aromatic heterocycles. The molecule has 2 aromatic carbocycles. The summed E-state index contributed by atoms with van der Waals surface area (Å²) in [6.07, 6.45) is -1.25. The van der Waals surface area contributed by atoms with Gasteiger partial charge in [-0.15, -0.1) is 12.4 Å². The van der Waals surface area contributed by atoms with Crippen molar-refractivity contribution >= 4 is 42.3 Å². The Bertz CT molecular complexity index is 1300. The number of aliphatic hydroxyl groups excluding tert-OH is 2. The first kappa shape index (κ1) is 45.8. The van der Waals surface area contributed by atoms with Gasteiger partial charge in [0.2, 0.25) is 0 Å². The monoisotopic (exact) mass is 727 g/mol. The number of alkyl carbamates (subject to hydrolysis) is 1. The van der Waals surface area contributed by atoms with Crippen molar-refractivity contribution in [3.63, 3.8) is 0 Å². The zero-order valence-corrected chi connectivity index (χ0v) is 30.2. The van der Waals surface area contributed by atoms with E-state index in [1.807, 2.05) is 74.5 Å². The van der Waals surface area contributed by atoms with Crippen LogP contribution in [-0.4, -0.2) is 83.0 Å². The number of carbonyl (C=O) groups excluding carboxylic acids is 5. The van der Waals surface area contributed by atoms with Gasteiger partial charge in [0, 0.05) is 7.47 Å². The number of benzene rings is 2. The molecule has 7 N–H and O–H groups in total. The van der Waals surface area contributed by atoms with E-state index in [1.165, 1.54) is 0 Å². The molecule has 0 radical (unpaired) electrons. The van der Waals surface area contributed by atoms with E-state index in [9.17, 15) is 34.2 Å². The van der Waals surface area contributed by atoms with E-state index in [2.05, 4.69) is 16.0 Å². The summed E-state index contributed by atoms with van der Waals surface area (Å²) in [7, 11) is 0. The molecule has 282 valence electrons. The Balaban J connectivity index is 0. The molecule has 50 heavy (non-hydrogen) atoms. The van der Waals surface area contributed by atoms with Crippen LogP contribution in [-0.2, 0) is 46.6 Å². The number of amides is 3. The fourth-order valence-electron chi connectivity index (χ4n) is 4.05. The molecular weight excluding hydrogens is 672 g/mol. The number of halogens is 1. The molecule has 2 rings (SSSR count). The highest BCUT2D eigenvalue weighted by Gasteiger charge is 2.29. The lowest BCUT2D eigenvalue weighted by molar-refractivity contribution is -0.146. The molecule has 3 amide bonds. The molecule has 14 nitrogen and oxygen atoms in total. The first-order chi connectivity index (χ1) is 23.2. The summed E-state index contributed by atoms with van der Waals surface area (Å²) >= 11 is 0. The topological polar surface area (TPSA) is 216 Å². The Morgan fingerprint density at radius 1 is 0.740 bits per heavy atom. The van der Waals surface area contributed by atoms with Crippen LogP contribution in [0.5, 0.6) is 0 Å². The highest BCUT2D eigenvalue weighted by molar-refractivity contribution is 5.86. The number of nitrogens with two attached hydrogens (primary N) is 1. The van der Waals surface area contributed by atoms with Crippen LogP contribution in [0.15, 0.2) is 60.7 Å². The molecule has 0 fully saturated rings.